The largest absolute Gasteiger partial charge is 0.481 e. The summed E-state index contributed by atoms with van der Waals surface area (Å²) >= 11 is 1.67. The van der Waals surface area contributed by atoms with Crippen LogP contribution in [0.25, 0.3) is 10.2 Å². The maximum atomic E-state index is 12.4. The standard InChI is InChI=1S/C21H24N4O3S/c1-12-13(2)29-20-18(12)19(23-14(3)24-20)22-11-15-5-7-16(8-6-15)21(28)25(4)10-9-17(26)27/h5-8H,9-11H2,1-4H3,(H,26,27)(H,22,23,24). The number of aromatic nitrogens is 2. The summed E-state index contributed by atoms with van der Waals surface area (Å²) in [4.78, 5) is 35.8. The Labute approximate surface area is 173 Å². The van der Waals surface area contributed by atoms with Crippen molar-refractivity contribution < 1.29 is 14.7 Å². The van der Waals surface area contributed by atoms with Crippen LogP contribution in [0.1, 0.15) is 38.6 Å². The van der Waals surface area contributed by atoms with E-state index >= 15 is 0 Å². The number of carboxylic acids is 1. The van der Waals surface area contributed by atoms with E-state index < -0.39 is 5.97 Å². The number of rotatable bonds is 7. The highest BCUT2D eigenvalue weighted by atomic mass is 32.1. The van der Waals surface area contributed by atoms with E-state index in [1.807, 2.05) is 19.1 Å². The summed E-state index contributed by atoms with van der Waals surface area (Å²) in [7, 11) is 1.61. The van der Waals surface area contributed by atoms with Crippen LogP contribution in [0.2, 0.25) is 0 Å². The van der Waals surface area contributed by atoms with Crippen LogP contribution >= 0.6 is 11.3 Å². The Balaban J connectivity index is 1.70. The number of hydrogen-bond acceptors (Lipinski definition) is 6. The highest BCUT2D eigenvalue weighted by Crippen LogP contribution is 2.33. The van der Waals surface area contributed by atoms with Gasteiger partial charge in [-0.05, 0) is 44.0 Å². The van der Waals surface area contributed by atoms with E-state index in [9.17, 15) is 9.59 Å². The predicted octanol–water partition coefficient (Wildman–Crippen LogP) is 3.78. The second-order valence-electron chi connectivity index (χ2n) is 7.00. The van der Waals surface area contributed by atoms with E-state index in [4.69, 9.17) is 5.11 Å². The molecule has 0 fully saturated rings. The first-order chi connectivity index (χ1) is 13.8. The minimum Gasteiger partial charge on any atom is -0.481 e. The van der Waals surface area contributed by atoms with Crippen molar-refractivity contribution >= 4 is 39.2 Å². The Hall–Kier alpha value is -3.00. The Morgan fingerprint density at radius 1 is 1.14 bits per heavy atom. The van der Waals surface area contributed by atoms with Crippen molar-refractivity contribution in [2.24, 2.45) is 0 Å². The van der Waals surface area contributed by atoms with Gasteiger partial charge in [-0.2, -0.15) is 0 Å². The molecule has 0 aliphatic carbocycles. The number of nitrogens with zero attached hydrogens (tertiary/aromatic N) is 3. The number of hydrogen-bond donors (Lipinski definition) is 2. The molecule has 29 heavy (non-hydrogen) atoms. The molecule has 1 amide bonds. The van der Waals surface area contributed by atoms with Crippen molar-refractivity contribution in [2.45, 2.75) is 33.7 Å². The van der Waals surface area contributed by atoms with Crippen LogP contribution in [-0.4, -0.2) is 45.4 Å². The zero-order chi connectivity index (χ0) is 21.1. The fourth-order valence-corrected chi connectivity index (χ4v) is 4.10. The second kappa shape index (κ2) is 8.57. The van der Waals surface area contributed by atoms with Crippen LogP contribution in [0.3, 0.4) is 0 Å². The molecule has 7 nitrogen and oxygen atoms in total. The van der Waals surface area contributed by atoms with E-state index in [0.717, 1.165) is 27.4 Å². The van der Waals surface area contributed by atoms with Crippen molar-refractivity contribution in [3.05, 3.63) is 51.7 Å². The second-order valence-corrected chi connectivity index (χ2v) is 8.21. The lowest BCUT2D eigenvalue weighted by Gasteiger charge is -2.16. The van der Waals surface area contributed by atoms with Gasteiger partial charge in [-0.3, -0.25) is 9.59 Å². The number of carboxylic acid groups (broad SMARTS) is 1. The molecule has 2 aromatic heterocycles. The lowest BCUT2D eigenvalue weighted by Crippen LogP contribution is -2.29. The first kappa shape index (κ1) is 20.7. The number of benzene rings is 1. The molecule has 0 atom stereocenters. The van der Waals surface area contributed by atoms with Gasteiger partial charge in [-0.1, -0.05) is 12.1 Å². The number of thiophene rings is 1. The quantitative estimate of drug-likeness (QED) is 0.613. The van der Waals surface area contributed by atoms with Gasteiger partial charge in [0.1, 0.15) is 16.5 Å². The summed E-state index contributed by atoms with van der Waals surface area (Å²) in [6, 6.07) is 7.30. The molecule has 2 N–H and O–H groups in total. The van der Waals surface area contributed by atoms with Crippen molar-refractivity contribution in [3.8, 4) is 0 Å². The molecule has 0 aliphatic rings. The summed E-state index contributed by atoms with van der Waals surface area (Å²) < 4.78 is 0. The molecule has 8 heteroatoms. The van der Waals surface area contributed by atoms with E-state index in [2.05, 4.69) is 29.1 Å². The number of carbonyl (C=O) groups is 2. The van der Waals surface area contributed by atoms with Gasteiger partial charge in [0.2, 0.25) is 0 Å². The molecule has 0 aliphatic heterocycles. The smallest absolute Gasteiger partial charge is 0.305 e. The summed E-state index contributed by atoms with van der Waals surface area (Å²) in [5.41, 5.74) is 2.74. The van der Waals surface area contributed by atoms with Gasteiger partial charge in [0.05, 0.1) is 11.8 Å². The monoisotopic (exact) mass is 412 g/mol. The highest BCUT2D eigenvalue weighted by molar-refractivity contribution is 7.18. The van der Waals surface area contributed by atoms with Gasteiger partial charge < -0.3 is 15.3 Å². The summed E-state index contributed by atoms with van der Waals surface area (Å²) in [6.45, 7) is 6.81. The van der Waals surface area contributed by atoms with E-state index in [-0.39, 0.29) is 18.9 Å². The molecule has 2 heterocycles. The summed E-state index contributed by atoms with van der Waals surface area (Å²) in [5, 5.41) is 13.2. The van der Waals surface area contributed by atoms with Crippen LogP contribution in [0.15, 0.2) is 24.3 Å². The van der Waals surface area contributed by atoms with Gasteiger partial charge >= 0.3 is 5.97 Å². The molecular weight excluding hydrogens is 388 g/mol. The van der Waals surface area contributed by atoms with Gasteiger partial charge in [-0.15, -0.1) is 11.3 Å². The molecule has 0 bridgehead atoms. The third-order valence-corrected chi connectivity index (χ3v) is 5.91. The number of nitrogens with one attached hydrogen (secondary N) is 1. The van der Waals surface area contributed by atoms with Gasteiger partial charge in [0.15, 0.2) is 0 Å². The number of aryl methyl sites for hydroxylation is 3. The van der Waals surface area contributed by atoms with Crippen molar-refractivity contribution in [1.82, 2.24) is 14.9 Å². The molecule has 3 aromatic rings. The number of carbonyl (C=O) groups excluding carboxylic acids is 1. The third kappa shape index (κ3) is 4.71. The molecule has 152 valence electrons. The minimum atomic E-state index is -0.920. The SMILES string of the molecule is Cc1nc(NCc2ccc(C(=O)N(C)CCC(=O)O)cc2)c2c(C)c(C)sc2n1. The third-order valence-electron chi connectivity index (χ3n) is 4.81. The first-order valence-electron chi connectivity index (χ1n) is 9.30. The van der Waals surface area contributed by atoms with Crippen LogP contribution in [0.5, 0.6) is 0 Å². The zero-order valence-electron chi connectivity index (χ0n) is 16.9. The van der Waals surface area contributed by atoms with Gasteiger partial charge in [0, 0.05) is 30.6 Å². The van der Waals surface area contributed by atoms with Crippen molar-refractivity contribution in [2.75, 3.05) is 18.9 Å². The topological polar surface area (TPSA) is 95.4 Å². The van der Waals surface area contributed by atoms with Crippen LogP contribution in [0, 0.1) is 20.8 Å². The Kier molecular flexibility index (Phi) is 6.12. The maximum absolute atomic E-state index is 12.4. The predicted molar refractivity (Wildman–Crippen MR) is 115 cm³/mol. The fraction of sp³-hybridized carbons (Fsp3) is 0.333. The number of anilines is 1. The summed E-state index contributed by atoms with van der Waals surface area (Å²) in [5.74, 6) is 0.439. The highest BCUT2D eigenvalue weighted by Gasteiger charge is 2.14. The molecule has 0 unspecified atom stereocenters. The molecule has 0 spiro atoms. The maximum Gasteiger partial charge on any atom is 0.305 e. The van der Waals surface area contributed by atoms with E-state index in [1.165, 1.54) is 15.3 Å². The zero-order valence-corrected chi connectivity index (χ0v) is 17.8. The average Bonchev–Trinajstić information content (AvgIpc) is 2.97. The Bertz CT molecular complexity index is 1060. The molecule has 0 saturated carbocycles. The molecular formula is C21H24N4O3S. The lowest BCUT2D eigenvalue weighted by molar-refractivity contribution is -0.137. The van der Waals surface area contributed by atoms with Gasteiger partial charge in [0.25, 0.3) is 5.91 Å². The molecule has 0 radical (unpaired) electrons. The summed E-state index contributed by atoms with van der Waals surface area (Å²) in [6.07, 6.45) is -0.0709. The number of amides is 1. The first-order valence-corrected chi connectivity index (χ1v) is 10.1. The lowest BCUT2D eigenvalue weighted by atomic mass is 10.1. The number of fused-ring (bicyclic) bond motifs is 1. The van der Waals surface area contributed by atoms with Crippen LogP contribution in [-0.2, 0) is 11.3 Å². The number of aliphatic carboxylic acids is 1. The van der Waals surface area contributed by atoms with E-state index in [1.54, 1.807) is 30.5 Å². The van der Waals surface area contributed by atoms with Crippen LogP contribution in [0.4, 0.5) is 5.82 Å². The normalized spacial score (nSPS) is 10.9. The van der Waals surface area contributed by atoms with Crippen LogP contribution < -0.4 is 5.32 Å². The Morgan fingerprint density at radius 2 is 1.83 bits per heavy atom. The fourth-order valence-electron chi connectivity index (χ4n) is 3.02. The van der Waals surface area contributed by atoms with Gasteiger partial charge in [-0.25, -0.2) is 9.97 Å². The average molecular weight is 413 g/mol. The minimum absolute atomic E-state index is 0.0709. The molecule has 3 rings (SSSR count). The van der Waals surface area contributed by atoms with Crippen molar-refractivity contribution in [3.63, 3.8) is 0 Å². The molecule has 1 aromatic carbocycles. The molecule has 0 saturated heterocycles. The van der Waals surface area contributed by atoms with E-state index in [0.29, 0.717) is 12.1 Å². The van der Waals surface area contributed by atoms with Crippen molar-refractivity contribution in [1.29, 1.82) is 0 Å². The Morgan fingerprint density at radius 3 is 2.48 bits per heavy atom.